The van der Waals surface area contributed by atoms with Gasteiger partial charge in [-0.25, -0.2) is 4.39 Å². The minimum absolute atomic E-state index is 0.0841. The number of hydrogen-bond donors (Lipinski definition) is 1. The SMILES string of the molecule is NC(Cc1cccc(F)c1)c1cc2ccccc2s1. The molecule has 3 rings (SSSR count). The van der Waals surface area contributed by atoms with Crippen molar-refractivity contribution in [1.29, 1.82) is 0 Å². The molecule has 19 heavy (non-hydrogen) atoms. The summed E-state index contributed by atoms with van der Waals surface area (Å²) in [4.78, 5) is 1.14. The Morgan fingerprint density at radius 2 is 1.89 bits per heavy atom. The van der Waals surface area contributed by atoms with Crippen molar-refractivity contribution >= 4 is 21.4 Å². The van der Waals surface area contributed by atoms with E-state index in [1.807, 2.05) is 18.2 Å². The van der Waals surface area contributed by atoms with Gasteiger partial charge in [-0.15, -0.1) is 11.3 Å². The summed E-state index contributed by atoms with van der Waals surface area (Å²) in [5.41, 5.74) is 7.16. The van der Waals surface area contributed by atoms with E-state index in [4.69, 9.17) is 5.73 Å². The molecular formula is C16H14FNS. The van der Waals surface area contributed by atoms with Crippen molar-refractivity contribution in [3.05, 3.63) is 70.9 Å². The largest absolute Gasteiger partial charge is 0.323 e. The Morgan fingerprint density at radius 1 is 1.05 bits per heavy atom. The normalized spacial score (nSPS) is 12.7. The Morgan fingerprint density at radius 3 is 2.68 bits per heavy atom. The predicted octanol–water partition coefficient (Wildman–Crippen LogP) is 4.28. The molecule has 0 saturated heterocycles. The summed E-state index contributed by atoms with van der Waals surface area (Å²) in [5, 5.41) is 1.22. The number of nitrogens with two attached hydrogens (primary N) is 1. The Hall–Kier alpha value is -1.71. The quantitative estimate of drug-likeness (QED) is 0.756. The zero-order valence-corrected chi connectivity index (χ0v) is 11.2. The van der Waals surface area contributed by atoms with E-state index in [-0.39, 0.29) is 11.9 Å². The monoisotopic (exact) mass is 271 g/mol. The van der Waals surface area contributed by atoms with E-state index >= 15 is 0 Å². The van der Waals surface area contributed by atoms with Crippen LogP contribution in [0.5, 0.6) is 0 Å². The van der Waals surface area contributed by atoms with E-state index in [9.17, 15) is 4.39 Å². The van der Waals surface area contributed by atoms with E-state index in [0.29, 0.717) is 6.42 Å². The molecule has 0 amide bonds. The third kappa shape index (κ3) is 2.67. The van der Waals surface area contributed by atoms with Gasteiger partial charge in [-0.05, 0) is 41.6 Å². The van der Waals surface area contributed by atoms with Crippen LogP contribution in [0.3, 0.4) is 0 Å². The topological polar surface area (TPSA) is 26.0 Å². The Bertz CT molecular complexity index is 672. The van der Waals surface area contributed by atoms with Crippen LogP contribution < -0.4 is 5.73 Å². The smallest absolute Gasteiger partial charge is 0.123 e. The van der Waals surface area contributed by atoms with E-state index in [1.165, 1.54) is 16.2 Å². The lowest BCUT2D eigenvalue weighted by Gasteiger charge is -2.09. The lowest BCUT2D eigenvalue weighted by Crippen LogP contribution is -2.11. The second-order valence-electron chi connectivity index (χ2n) is 4.63. The van der Waals surface area contributed by atoms with Gasteiger partial charge in [0.2, 0.25) is 0 Å². The standard InChI is InChI=1S/C16H14FNS/c17-13-6-3-4-11(8-13)9-14(18)16-10-12-5-1-2-7-15(12)19-16/h1-8,10,14H,9,18H2. The van der Waals surface area contributed by atoms with Gasteiger partial charge in [0.05, 0.1) is 0 Å². The molecule has 0 fully saturated rings. The van der Waals surface area contributed by atoms with Gasteiger partial charge in [-0.2, -0.15) is 0 Å². The number of thiophene rings is 1. The highest BCUT2D eigenvalue weighted by Crippen LogP contribution is 2.30. The fourth-order valence-corrected chi connectivity index (χ4v) is 3.27. The average molecular weight is 271 g/mol. The maximum atomic E-state index is 13.1. The summed E-state index contributed by atoms with van der Waals surface area (Å²) < 4.78 is 14.4. The first-order valence-corrected chi connectivity index (χ1v) is 7.02. The first-order chi connectivity index (χ1) is 9.22. The van der Waals surface area contributed by atoms with Gasteiger partial charge in [-0.1, -0.05) is 30.3 Å². The molecule has 96 valence electrons. The number of halogens is 1. The van der Waals surface area contributed by atoms with Crippen molar-refractivity contribution in [1.82, 2.24) is 0 Å². The van der Waals surface area contributed by atoms with Crippen LogP contribution in [-0.2, 0) is 6.42 Å². The molecule has 0 radical (unpaired) electrons. The second kappa shape index (κ2) is 5.11. The number of fused-ring (bicyclic) bond motifs is 1. The van der Waals surface area contributed by atoms with Gasteiger partial charge in [0.1, 0.15) is 5.82 Å². The summed E-state index contributed by atoms with van der Waals surface area (Å²) in [6, 6.07) is 16.9. The van der Waals surface area contributed by atoms with Crippen LogP contribution in [0.15, 0.2) is 54.6 Å². The van der Waals surface area contributed by atoms with Crippen molar-refractivity contribution in [2.75, 3.05) is 0 Å². The summed E-state index contributed by atoms with van der Waals surface area (Å²) >= 11 is 1.71. The molecule has 1 aromatic heterocycles. The Labute approximate surface area is 115 Å². The molecule has 1 nitrogen and oxygen atoms in total. The van der Waals surface area contributed by atoms with Crippen LogP contribution in [0.25, 0.3) is 10.1 Å². The maximum absolute atomic E-state index is 13.1. The zero-order valence-electron chi connectivity index (χ0n) is 10.3. The predicted molar refractivity (Wildman–Crippen MR) is 78.9 cm³/mol. The van der Waals surface area contributed by atoms with Gasteiger partial charge in [0.15, 0.2) is 0 Å². The fourth-order valence-electron chi connectivity index (χ4n) is 2.20. The van der Waals surface area contributed by atoms with Gasteiger partial charge >= 0.3 is 0 Å². The molecular weight excluding hydrogens is 257 g/mol. The fraction of sp³-hybridized carbons (Fsp3) is 0.125. The molecule has 3 aromatic rings. The van der Waals surface area contributed by atoms with Crippen LogP contribution in [0, 0.1) is 5.82 Å². The second-order valence-corrected chi connectivity index (χ2v) is 5.74. The molecule has 0 bridgehead atoms. The van der Waals surface area contributed by atoms with Crippen molar-refractivity contribution in [3.63, 3.8) is 0 Å². The van der Waals surface area contributed by atoms with Crippen molar-refractivity contribution in [2.24, 2.45) is 5.73 Å². The summed E-state index contributed by atoms with van der Waals surface area (Å²) in [7, 11) is 0. The van der Waals surface area contributed by atoms with Crippen LogP contribution in [0.1, 0.15) is 16.5 Å². The third-order valence-corrected chi connectivity index (χ3v) is 4.40. The first-order valence-electron chi connectivity index (χ1n) is 6.21. The zero-order chi connectivity index (χ0) is 13.2. The molecule has 3 heteroatoms. The highest BCUT2D eigenvalue weighted by molar-refractivity contribution is 7.19. The van der Waals surface area contributed by atoms with Crippen molar-refractivity contribution < 1.29 is 4.39 Å². The summed E-state index contributed by atoms with van der Waals surface area (Å²) in [6.45, 7) is 0. The minimum atomic E-state index is -0.207. The Balaban J connectivity index is 1.85. The molecule has 2 aromatic carbocycles. The van der Waals surface area contributed by atoms with E-state index in [1.54, 1.807) is 23.5 Å². The molecule has 2 N–H and O–H groups in total. The van der Waals surface area contributed by atoms with Gasteiger partial charge in [0, 0.05) is 15.6 Å². The van der Waals surface area contributed by atoms with E-state index < -0.39 is 0 Å². The third-order valence-electron chi connectivity index (χ3n) is 3.15. The highest BCUT2D eigenvalue weighted by Gasteiger charge is 2.11. The van der Waals surface area contributed by atoms with E-state index in [2.05, 4.69) is 18.2 Å². The van der Waals surface area contributed by atoms with Crippen molar-refractivity contribution in [2.45, 2.75) is 12.5 Å². The summed E-state index contributed by atoms with van der Waals surface area (Å²) in [6.07, 6.45) is 0.657. The van der Waals surface area contributed by atoms with Crippen LogP contribution in [0.2, 0.25) is 0 Å². The lowest BCUT2D eigenvalue weighted by molar-refractivity contribution is 0.622. The number of rotatable bonds is 3. The molecule has 0 saturated carbocycles. The van der Waals surface area contributed by atoms with Gasteiger partial charge in [0.25, 0.3) is 0 Å². The number of hydrogen-bond acceptors (Lipinski definition) is 2. The summed E-state index contributed by atoms with van der Waals surface area (Å²) in [5.74, 6) is -0.207. The van der Waals surface area contributed by atoms with E-state index in [0.717, 1.165) is 10.4 Å². The van der Waals surface area contributed by atoms with Crippen LogP contribution >= 0.6 is 11.3 Å². The molecule has 0 aliphatic heterocycles. The molecule has 0 aliphatic carbocycles. The average Bonchev–Trinajstić information content (AvgIpc) is 2.82. The maximum Gasteiger partial charge on any atom is 0.123 e. The van der Waals surface area contributed by atoms with Crippen LogP contribution in [0.4, 0.5) is 4.39 Å². The first kappa shape index (κ1) is 12.3. The number of benzene rings is 2. The lowest BCUT2D eigenvalue weighted by atomic mass is 10.0. The minimum Gasteiger partial charge on any atom is -0.323 e. The van der Waals surface area contributed by atoms with Crippen LogP contribution in [-0.4, -0.2) is 0 Å². The Kier molecular flexibility index (Phi) is 3.32. The van der Waals surface area contributed by atoms with Gasteiger partial charge < -0.3 is 5.73 Å². The molecule has 1 atom stereocenters. The highest BCUT2D eigenvalue weighted by atomic mass is 32.1. The van der Waals surface area contributed by atoms with Gasteiger partial charge in [-0.3, -0.25) is 0 Å². The molecule has 1 heterocycles. The molecule has 1 unspecified atom stereocenters. The van der Waals surface area contributed by atoms with Crippen molar-refractivity contribution in [3.8, 4) is 0 Å². The molecule has 0 spiro atoms. The molecule has 0 aliphatic rings.